The van der Waals surface area contributed by atoms with Gasteiger partial charge in [0.2, 0.25) is 5.91 Å². The van der Waals surface area contributed by atoms with Gasteiger partial charge in [-0.05, 0) is 18.3 Å². The molecule has 0 bridgehead atoms. The summed E-state index contributed by atoms with van der Waals surface area (Å²) < 4.78 is 5.36. The molecule has 0 saturated carbocycles. The van der Waals surface area contributed by atoms with Gasteiger partial charge in [0.15, 0.2) is 0 Å². The molecule has 0 unspecified atom stereocenters. The summed E-state index contributed by atoms with van der Waals surface area (Å²) in [6.45, 7) is 7.37. The lowest BCUT2D eigenvalue weighted by atomic mass is 9.85. The zero-order valence-corrected chi connectivity index (χ0v) is 11.3. The molecule has 0 N–H and O–H groups in total. The van der Waals surface area contributed by atoms with Gasteiger partial charge in [-0.15, -0.1) is 0 Å². The first-order valence-electron chi connectivity index (χ1n) is 6.01. The maximum absolute atomic E-state index is 11.8. The van der Waals surface area contributed by atoms with Crippen LogP contribution in [0.4, 0.5) is 0 Å². The van der Waals surface area contributed by atoms with Crippen molar-refractivity contribution in [3.8, 4) is 0 Å². The van der Waals surface area contributed by atoms with E-state index < -0.39 is 0 Å². The van der Waals surface area contributed by atoms with Gasteiger partial charge in [0, 0.05) is 25.3 Å². The van der Waals surface area contributed by atoms with Crippen molar-refractivity contribution in [2.45, 2.75) is 33.1 Å². The first-order chi connectivity index (χ1) is 7.55. The number of ether oxygens (including phenoxy) is 1. The van der Waals surface area contributed by atoms with E-state index in [0.717, 1.165) is 31.7 Å². The van der Waals surface area contributed by atoms with Crippen molar-refractivity contribution in [2.75, 3.05) is 32.1 Å². The Hall–Kier alpha value is -0.220. The predicted octanol–water partition coefficient (Wildman–Crippen LogP) is 1.97. The van der Waals surface area contributed by atoms with Crippen molar-refractivity contribution in [3.05, 3.63) is 0 Å². The second-order valence-electron chi connectivity index (χ2n) is 5.13. The Morgan fingerprint density at radius 3 is 2.81 bits per heavy atom. The highest BCUT2D eigenvalue weighted by atomic mass is 32.1. The molecule has 1 aliphatic heterocycles. The van der Waals surface area contributed by atoms with Crippen molar-refractivity contribution >= 4 is 18.5 Å². The molecule has 0 aliphatic carbocycles. The molecule has 94 valence electrons. The first-order valence-corrected chi connectivity index (χ1v) is 6.65. The highest BCUT2D eigenvalue weighted by molar-refractivity contribution is 7.80. The lowest BCUT2D eigenvalue weighted by Gasteiger charge is -2.23. The van der Waals surface area contributed by atoms with E-state index in [1.807, 2.05) is 4.90 Å². The van der Waals surface area contributed by atoms with Gasteiger partial charge in [0.1, 0.15) is 0 Å². The Morgan fingerprint density at radius 1 is 1.38 bits per heavy atom. The molecule has 0 aromatic rings. The summed E-state index contributed by atoms with van der Waals surface area (Å²) in [5.74, 6) is 1.01. The molecule has 1 aliphatic rings. The third-order valence-electron chi connectivity index (χ3n) is 3.17. The van der Waals surface area contributed by atoms with E-state index in [0.29, 0.717) is 25.0 Å². The van der Waals surface area contributed by atoms with E-state index in [9.17, 15) is 4.79 Å². The number of carbonyl (C=O) groups excluding carboxylic acids is 1. The van der Waals surface area contributed by atoms with Crippen molar-refractivity contribution < 1.29 is 9.53 Å². The standard InChI is InChI=1S/C12H23NO2S/c1-12(2)4-3-11(14)13(6-5-12)7-8-15-9-10-16/h16H,3-10H2,1-2H3. The second kappa shape index (κ2) is 6.50. The molecule has 0 aromatic carbocycles. The Labute approximate surface area is 104 Å². The fourth-order valence-corrected chi connectivity index (χ4v) is 2.00. The van der Waals surface area contributed by atoms with Gasteiger partial charge in [0.25, 0.3) is 0 Å². The fourth-order valence-electron chi connectivity index (χ4n) is 1.87. The van der Waals surface area contributed by atoms with Gasteiger partial charge in [-0.2, -0.15) is 12.6 Å². The Balaban J connectivity index is 2.32. The molecular formula is C12H23NO2S. The summed E-state index contributed by atoms with van der Waals surface area (Å²) in [6, 6.07) is 0. The van der Waals surface area contributed by atoms with Crippen LogP contribution in [0.3, 0.4) is 0 Å². The van der Waals surface area contributed by atoms with Gasteiger partial charge in [-0.1, -0.05) is 13.8 Å². The first kappa shape index (κ1) is 13.8. The highest BCUT2D eigenvalue weighted by Gasteiger charge is 2.26. The molecule has 1 heterocycles. The third-order valence-corrected chi connectivity index (χ3v) is 3.35. The van der Waals surface area contributed by atoms with Crippen molar-refractivity contribution in [1.82, 2.24) is 4.90 Å². The minimum atomic E-state index is 0.278. The number of thiol groups is 1. The van der Waals surface area contributed by atoms with Crippen molar-refractivity contribution in [1.29, 1.82) is 0 Å². The zero-order chi connectivity index (χ0) is 12.0. The maximum Gasteiger partial charge on any atom is 0.222 e. The average molecular weight is 245 g/mol. The number of likely N-dealkylation sites (tertiary alicyclic amines) is 1. The molecule has 1 rings (SSSR count). The van der Waals surface area contributed by atoms with Crippen molar-refractivity contribution in [3.63, 3.8) is 0 Å². The molecule has 0 spiro atoms. The summed E-state index contributed by atoms with van der Waals surface area (Å²) >= 11 is 4.07. The van der Waals surface area contributed by atoms with Crippen LogP contribution in [0.25, 0.3) is 0 Å². The fraction of sp³-hybridized carbons (Fsp3) is 0.917. The molecule has 1 saturated heterocycles. The Bertz CT molecular complexity index is 231. The van der Waals surface area contributed by atoms with Crippen LogP contribution in [-0.2, 0) is 9.53 Å². The number of amides is 1. The number of hydrogen-bond acceptors (Lipinski definition) is 3. The maximum atomic E-state index is 11.8. The molecule has 1 amide bonds. The van der Waals surface area contributed by atoms with E-state index in [-0.39, 0.29) is 5.91 Å². The van der Waals surface area contributed by atoms with Crippen LogP contribution in [0.5, 0.6) is 0 Å². The number of carbonyl (C=O) groups is 1. The van der Waals surface area contributed by atoms with Gasteiger partial charge < -0.3 is 9.64 Å². The number of hydrogen-bond donors (Lipinski definition) is 1. The summed E-state index contributed by atoms with van der Waals surface area (Å²) in [5.41, 5.74) is 0.302. The molecule has 4 heteroatoms. The monoisotopic (exact) mass is 245 g/mol. The summed E-state index contributed by atoms with van der Waals surface area (Å²) in [4.78, 5) is 13.8. The third kappa shape index (κ3) is 4.74. The minimum absolute atomic E-state index is 0.278. The van der Waals surface area contributed by atoms with Crippen LogP contribution in [-0.4, -0.2) is 42.9 Å². The second-order valence-corrected chi connectivity index (χ2v) is 5.58. The van der Waals surface area contributed by atoms with Crippen LogP contribution in [0.2, 0.25) is 0 Å². The number of rotatable bonds is 5. The van der Waals surface area contributed by atoms with Gasteiger partial charge in [-0.25, -0.2) is 0 Å². The molecule has 16 heavy (non-hydrogen) atoms. The largest absolute Gasteiger partial charge is 0.379 e. The Kier molecular flexibility index (Phi) is 5.62. The van der Waals surface area contributed by atoms with Crippen LogP contribution in [0.1, 0.15) is 33.1 Å². The van der Waals surface area contributed by atoms with E-state index in [1.165, 1.54) is 0 Å². The Morgan fingerprint density at radius 2 is 2.12 bits per heavy atom. The highest BCUT2D eigenvalue weighted by Crippen LogP contribution is 2.30. The lowest BCUT2D eigenvalue weighted by molar-refractivity contribution is -0.131. The van der Waals surface area contributed by atoms with Crippen molar-refractivity contribution in [2.24, 2.45) is 5.41 Å². The van der Waals surface area contributed by atoms with Gasteiger partial charge in [0.05, 0.1) is 13.2 Å². The minimum Gasteiger partial charge on any atom is -0.379 e. The van der Waals surface area contributed by atoms with E-state index in [1.54, 1.807) is 0 Å². The average Bonchev–Trinajstić information content (AvgIpc) is 2.36. The SMILES string of the molecule is CC1(C)CCC(=O)N(CCOCCS)CC1. The van der Waals surface area contributed by atoms with Crippen LogP contribution in [0, 0.1) is 5.41 Å². The summed E-state index contributed by atoms with van der Waals surface area (Å²) in [5, 5.41) is 0. The van der Waals surface area contributed by atoms with E-state index >= 15 is 0 Å². The molecule has 0 radical (unpaired) electrons. The number of nitrogens with zero attached hydrogens (tertiary/aromatic N) is 1. The van der Waals surface area contributed by atoms with Gasteiger partial charge >= 0.3 is 0 Å². The molecule has 0 atom stereocenters. The topological polar surface area (TPSA) is 29.5 Å². The van der Waals surface area contributed by atoms with Crippen LogP contribution >= 0.6 is 12.6 Å². The van der Waals surface area contributed by atoms with E-state index in [2.05, 4.69) is 26.5 Å². The zero-order valence-electron chi connectivity index (χ0n) is 10.4. The van der Waals surface area contributed by atoms with E-state index in [4.69, 9.17) is 4.74 Å². The van der Waals surface area contributed by atoms with Gasteiger partial charge in [-0.3, -0.25) is 4.79 Å². The molecule has 0 aromatic heterocycles. The lowest BCUT2D eigenvalue weighted by Crippen LogP contribution is -2.33. The molecule has 3 nitrogen and oxygen atoms in total. The predicted molar refractivity (Wildman–Crippen MR) is 68.9 cm³/mol. The molecular weight excluding hydrogens is 222 g/mol. The summed E-state index contributed by atoms with van der Waals surface area (Å²) in [6.07, 6.45) is 2.77. The van der Waals surface area contributed by atoms with Crippen LogP contribution < -0.4 is 0 Å². The van der Waals surface area contributed by atoms with Crippen LogP contribution in [0.15, 0.2) is 0 Å². The normalized spacial score (nSPS) is 20.9. The smallest absolute Gasteiger partial charge is 0.222 e. The summed E-state index contributed by atoms with van der Waals surface area (Å²) in [7, 11) is 0. The quantitative estimate of drug-likeness (QED) is 0.593. The molecule has 1 fully saturated rings.